The molecule has 1 heterocycles. The van der Waals surface area contributed by atoms with Crippen molar-refractivity contribution in [2.24, 2.45) is 0 Å². The minimum atomic E-state index is -1.21. The van der Waals surface area contributed by atoms with E-state index in [1.165, 1.54) is 13.8 Å². The topological polar surface area (TPSA) is 97.4 Å². The van der Waals surface area contributed by atoms with Gasteiger partial charge in [0.1, 0.15) is 6.10 Å². The Bertz CT molecular complexity index is 956. The van der Waals surface area contributed by atoms with Crippen molar-refractivity contribution in [1.29, 1.82) is 0 Å². The molecule has 1 aliphatic heterocycles. The van der Waals surface area contributed by atoms with Crippen LogP contribution in [0.4, 0.5) is 0 Å². The molecule has 1 fully saturated rings. The molecule has 0 N–H and O–H groups in total. The molecule has 33 heavy (non-hydrogen) atoms. The lowest BCUT2D eigenvalue weighted by Gasteiger charge is -2.43. The Morgan fingerprint density at radius 2 is 1.45 bits per heavy atom. The first-order chi connectivity index (χ1) is 15.7. The van der Waals surface area contributed by atoms with E-state index in [2.05, 4.69) is 0 Å². The summed E-state index contributed by atoms with van der Waals surface area (Å²) in [7, 11) is 0. The fourth-order valence-corrected chi connectivity index (χ4v) is 3.55. The lowest BCUT2D eigenvalue weighted by Crippen LogP contribution is -2.61. The highest BCUT2D eigenvalue weighted by atomic mass is 16.7. The van der Waals surface area contributed by atoms with Crippen molar-refractivity contribution < 1.29 is 38.1 Å². The van der Waals surface area contributed by atoms with Crippen LogP contribution in [0.15, 0.2) is 54.6 Å². The number of esters is 3. The van der Waals surface area contributed by atoms with Gasteiger partial charge in [0.15, 0.2) is 12.2 Å². The molecule has 8 heteroatoms. The predicted molar refractivity (Wildman–Crippen MR) is 117 cm³/mol. The van der Waals surface area contributed by atoms with Gasteiger partial charge in [0.25, 0.3) is 0 Å². The second kappa shape index (κ2) is 11.1. The second-order valence-electron chi connectivity index (χ2n) is 7.89. The summed E-state index contributed by atoms with van der Waals surface area (Å²) in [4.78, 5) is 36.3. The zero-order valence-corrected chi connectivity index (χ0v) is 19.1. The number of ether oxygens (including phenoxy) is 5. The monoisotopic (exact) mass is 456 g/mol. The average Bonchev–Trinajstić information content (AvgIpc) is 2.76. The van der Waals surface area contributed by atoms with Crippen LogP contribution >= 0.6 is 0 Å². The Kier molecular flexibility index (Phi) is 8.19. The number of carbonyl (C=O) groups excluding carboxylic acids is 3. The molecule has 8 nitrogen and oxygen atoms in total. The van der Waals surface area contributed by atoms with Gasteiger partial charge < -0.3 is 23.7 Å². The molecule has 5 atom stereocenters. The first-order valence-electron chi connectivity index (χ1n) is 10.7. The Balaban J connectivity index is 1.89. The van der Waals surface area contributed by atoms with Crippen molar-refractivity contribution in [3.63, 3.8) is 0 Å². The van der Waals surface area contributed by atoms with E-state index >= 15 is 0 Å². The molecule has 2 aromatic carbocycles. The Hall–Kier alpha value is -3.23. The third kappa shape index (κ3) is 6.63. The fourth-order valence-electron chi connectivity index (χ4n) is 3.55. The molecular weight excluding hydrogens is 428 g/mol. The number of hydrogen-bond acceptors (Lipinski definition) is 8. The van der Waals surface area contributed by atoms with E-state index in [1.54, 1.807) is 31.2 Å². The van der Waals surface area contributed by atoms with Crippen LogP contribution in [0.25, 0.3) is 0 Å². The van der Waals surface area contributed by atoms with Crippen LogP contribution in [0.2, 0.25) is 0 Å². The van der Waals surface area contributed by atoms with E-state index in [-0.39, 0.29) is 6.61 Å². The molecule has 0 amide bonds. The van der Waals surface area contributed by atoms with Crippen LogP contribution in [-0.4, -0.2) is 48.6 Å². The largest absolute Gasteiger partial charge is 0.453 e. The van der Waals surface area contributed by atoms with E-state index in [0.29, 0.717) is 5.56 Å². The van der Waals surface area contributed by atoms with Crippen LogP contribution in [-0.2, 0) is 39.9 Å². The van der Waals surface area contributed by atoms with Gasteiger partial charge in [0, 0.05) is 13.8 Å². The van der Waals surface area contributed by atoms with Crippen LogP contribution < -0.4 is 0 Å². The summed E-state index contributed by atoms with van der Waals surface area (Å²) >= 11 is 0. The highest BCUT2D eigenvalue weighted by Crippen LogP contribution is 2.30. The van der Waals surface area contributed by atoms with Crippen molar-refractivity contribution >= 4 is 17.9 Å². The van der Waals surface area contributed by atoms with E-state index in [4.69, 9.17) is 23.7 Å². The Morgan fingerprint density at radius 1 is 0.818 bits per heavy atom. The van der Waals surface area contributed by atoms with Crippen molar-refractivity contribution in [3.05, 3.63) is 71.3 Å². The van der Waals surface area contributed by atoms with E-state index in [0.717, 1.165) is 11.1 Å². The first-order valence-corrected chi connectivity index (χ1v) is 10.7. The van der Waals surface area contributed by atoms with Crippen LogP contribution in [0, 0.1) is 6.92 Å². The third-order valence-electron chi connectivity index (χ3n) is 5.13. The third-order valence-corrected chi connectivity index (χ3v) is 5.13. The minimum Gasteiger partial charge on any atom is -0.453 e. The van der Waals surface area contributed by atoms with Gasteiger partial charge in [-0.25, -0.2) is 4.79 Å². The smallest absolute Gasteiger partial charge is 0.338 e. The summed E-state index contributed by atoms with van der Waals surface area (Å²) in [5.74, 6) is -1.80. The van der Waals surface area contributed by atoms with Crippen molar-refractivity contribution in [1.82, 2.24) is 0 Å². The van der Waals surface area contributed by atoms with Crippen LogP contribution in [0.5, 0.6) is 0 Å². The minimum absolute atomic E-state index is 0.154. The molecule has 0 aromatic heterocycles. The van der Waals surface area contributed by atoms with E-state index < -0.39 is 48.6 Å². The summed E-state index contributed by atoms with van der Waals surface area (Å²) in [6, 6.07) is 16.3. The number of benzene rings is 2. The summed E-state index contributed by atoms with van der Waals surface area (Å²) in [5, 5.41) is 0. The molecule has 0 unspecified atom stereocenters. The van der Waals surface area contributed by atoms with Gasteiger partial charge in [-0.2, -0.15) is 0 Å². The van der Waals surface area contributed by atoms with Crippen molar-refractivity contribution in [2.75, 3.05) is 0 Å². The SMILES string of the molecule is CC(=O)O[C@@H]1O[C@@H](C)[C@H](OC(=O)c2ccc(C)cc2)[C@@H](OCc2ccccc2)[C@H]1OC(C)=O. The maximum Gasteiger partial charge on any atom is 0.338 e. The summed E-state index contributed by atoms with van der Waals surface area (Å²) in [6.45, 7) is 6.19. The Morgan fingerprint density at radius 3 is 2.06 bits per heavy atom. The fraction of sp³-hybridized carbons (Fsp3) is 0.400. The zero-order chi connectivity index (χ0) is 24.0. The number of aryl methyl sites for hydroxylation is 1. The Labute approximate surface area is 192 Å². The lowest BCUT2D eigenvalue weighted by molar-refractivity contribution is -0.295. The zero-order valence-electron chi connectivity index (χ0n) is 19.1. The van der Waals surface area contributed by atoms with Crippen molar-refractivity contribution in [2.45, 2.75) is 65.0 Å². The van der Waals surface area contributed by atoms with E-state index in [1.807, 2.05) is 37.3 Å². The molecule has 0 saturated carbocycles. The van der Waals surface area contributed by atoms with Gasteiger partial charge in [-0.3, -0.25) is 9.59 Å². The van der Waals surface area contributed by atoms with E-state index in [9.17, 15) is 14.4 Å². The molecule has 1 aliphatic rings. The number of carbonyl (C=O) groups is 3. The van der Waals surface area contributed by atoms with Crippen LogP contribution in [0.1, 0.15) is 42.3 Å². The normalized spacial score (nSPS) is 24.5. The van der Waals surface area contributed by atoms with Gasteiger partial charge in [-0.15, -0.1) is 0 Å². The molecule has 0 spiro atoms. The quantitative estimate of drug-likeness (QED) is 0.462. The van der Waals surface area contributed by atoms with Gasteiger partial charge in [-0.05, 0) is 31.5 Å². The predicted octanol–water partition coefficient (Wildman–Crippen LogP) is 3.35. The highest BCUT2D eigenvalue weighted by Gasteiger charge is 2.50. The summed E-state index contributed by atoms with van der Waals surface area (Å²) < 4.78 is 28.3. The molecule has 2 aromatic rings. The number of hydrogen-bond donors (Lipinski definition) is 0. The maximum atomic E-state index is 12.9. The molecule has 176 valence electrons. The molecule has 1 saturated heterocycles. The van der Waals surface area contributed by atoms with Gasteiger partial charge in [0.2, 0.25) is 6.29 Å². The molecular formula is C25H28O8. The first kappa shape index (κ1) is 24.4. The molecule has 3 rings (SSSR count). The molecule has 0 bridgehead atoms. The maximum absolute atomic E-state index is 12.9. The number of rotatable bonds is 7. The standard InChI is InChI=1S/C25H28O8/c1-15-10-12-20(13-11-15)24(28)33-21-16(2)30-25(32-18(4)27)23(31-17(3)26)22(21)29-14-19-8-6-5-7-9-19/h5-13,16,21-23,25H,14H2,1-4H3/t16-,21-,22+,23+,25-/m0/s1. The second-order valence-corrected chi connectivity index (χ2v) is 7.89. The van der Waals surface area contributed by atoms with Crippen molar-refractivity contribution in [3.8, 4) is 0 Å². The van der Waals surface area contributed by atoms with Crippen LogP contribution in [0.3, 0.4) is 0 Å². The highest BCUT2D eigenvalue weighted by molar-refractivity contribution is 5.89. The summed E-state index contributed by atoms with van der Waals surface area (Å²) in [6.07, 6.45) is -4.94. The van der Waals surface area contributed by atoms with Gasteiger partial charge in [0.05, 0.1) is 18.3 Å². The van der Waals surface area contributed by atoms with Gasteiger partial charge in [-0.1, -0.05) is 48.0 Å². The molecule has 0 aliphatic carbocycles. The van der Waals surface area contributed by atoms with Gasteiger partial charge >= 0.3 is 17.9 Å². The average molecular weight is 456 g/mol. The summed E-state index contributed by atoms with van der Waals surface area (Å²) in [5.41, 5.74) is 2.23. The molecule has 0 radical (unpaired) electrons. The lowest BCUT2D eigenvalue weighted by atomic mass is 9.98.